The minimum absolute atomic E-state index is 0.978. The van der Waals surface area contributed by atoms with Crippen molar-refractivity contribution in [1.82, 2.24) is 5.32 Å². The first-order chi connectivity index (χ1) is 8.36. The number of hydrogen-bond donors (Lipinski definition) is 1. The summed E-state index contributed by atoms with van der Waals surface area (Å²) >= 11 is 3.58. The molecule has 0 heterocycles. The lowest BCUT2D eigenvalue weighted by Crippen LogP contribution is -2.15. The Labute approximate surface area is 113 Å². The van der Waals surface area contributed by atoms with Crippen molar-refractivity contribution in [2.45, 2.75) is 45.1 Å². The second-order valence-corrected chi connectivity index (χ2v) is 5.92. The van der Waals surface area contributed by atoms with Gasteiger partial charge in [-0.2, -0.15) is 0 Å². The molecule has 0 unspecified atom stereocenters. The lowest BCUT2D eigenvalue weighted by Gasteiger charge is -2.10. The molecule has 0 radical (unpaired) electrons. The Bertz CT molecular complexity index is 331. The van der Waals surface area contributed by atoms with Crippen LogP contribution in [0.1, 0.15) is 44.1 Å². The molecule has 0 spiro atoms. The molecule has 17 heavy (non-hydrogen) atoms. The van der Waals surface area contributed by atoms with Gasteiger partial charge in [0.05, 0.1) is 0 Å². The van der Waals surface area contributed by atoms with E-state index in [2.05, 4.69) is 45.5 Å². The highest BCUT2D eigenvalue weighted by Crippen LogP contribution is 2.28. The van der Waals surface area contributed by atoms with Crippen LogP contribution in [0, 0.1) is 5.92 Å². The first kappa shape index (κ1) is 13.1. The maximum Gasteiger partial charge on any atom is 0.0220 e. The van der Waals surface area contributed by atoms with Crippen molar-refractivity contribution in [1.29, 1.82) is 0 Å². The van der Waals surface area contributed by atoms with Crippen LogP contribution in [0.2, 0.25) is 0 Å². The van der Waals surface area contributed by atoms with Crippen LogP contribution in [-0.4, -0.2) is 6.54 Å². The molecule has 1 nitrogen and oxygen atoms in total. The molecule has 1 fully saturated rings. The van der Waals surface area contributed by atoms with Crippen molar-refractivity contribution in [2.24, 2.45) is 5.92 Å². The molecule has 1 aliphatic carbocycles. The largest absolute Gasteiger partial charge is 0.313 e. The van der Waals surface area contributed by atoms with Crippen molar-refractivity contribution in [3.63, 3.8) is 0 Å². The lowest BCUT2D eigenvalue weighted by atomic mass is 10.0. The number of halogens is 1. The molecule has 1 aliphatic rings. The average Bonchev–Trinajstić information content (AvgIpc) is 2.84. The van der Waals surface area contributed by atoms with Gasteiger partial charge < -0.3 is 5.32 Å². The van der Waals surface area contributed by atoms with Gasteiger partial charge in [0.2, 0.25) is 0 Å². The molecule has 1 N–H and O–H groups in total. The van der Waals surface area contributed by atoms with Crippen molar-refractivity contribution in [3.05, 3.63) is 34.3 Å². The number of rotatable bonds is 6. The fraction of sp³-hybridized carbons (Fsp3) is 0.600. The molecule has 0 aromatic heterocycles. The highest BCUT2D eigenvalue weighted by molar-refractivity contribution is 9.10. The van der Waals surface area contributed by atoms with E-state index in [1.807, 2.05) is 0 Å². The maximum absolute atomic E-state index is 3.58. The molecular weight excluding hydrogens is 274 g/mol. The minimum atomic E-state index is 0.978. The highest BCUT2D eigenvalue weighted by Gasteiger charge is 2.13. The zero-order valence-corrected chi connectivity index (χ0v) is 12.0. The number of nitrogens with one attached hydrogen (secondary N) is 1. The Morgan fingerprint density at radius 3 is 2.71 bits per heavy atom. The van der Waals surface area contributed by atoms with E-state index in [9.17, 15) is 0 Å². The van der Waals surface area contributed by atoms with E-state index in [0.29, 0.717) is 0 Å². The molecule has 0 bridgehead atoms. The van der Waals surface area contributed by atoms with Crippen molar-refractivity contribution in [3.8, 4) is 0 Å². The first-order valence-corrected chi connectivity index (χ1v) is 7.59. The van der Waals surface area contributed by atoms with Crippen LogP contribution >= 0.6 is 15.9 Å². The van der Waals surface area contributed by atoms with E-state index in [4.69, 9.17) is 0 Å². The van der Waals surface area contributed by atoms with Gasteiger partial charge >= 0.3 is 0 Å². The van der Waals surface area contributed by atoms with Gasteiger partial charge in [0.1, 0.15) is 0 Å². The van der Waals surface area contributed by atoms with Crippen molar-refractivity contribution >= 4 is 15.9 Å². The number of benzene rings is 1. The summed E-state index contributed by atoms with van der Waals surface area (Å²) in [6.07, 6.45) is 8.64. The van der Waals surface area contributed by atoms with Gasteiger partial charge in [0, 0.05) is 11.0 Å². The van der Waals surface area contributed by atoms with Gasteiger partial charge in [-0.05, 0) is 36.9 Å². The molecule has 0 amide bonds. The summed E-state index contributed by atoms with van der Waals surface area (Å²) in [5.74, 6) is 1.03. The molecule has 0 aliphatic heterocycles. The van der Waals surface area contributed by atoms with E-state index < -0.39 is 0 Å². The van der Waals surface area contributed by atoms with Crippen LogP contribution in [-0.2, 0) is 6.54 Å². The van der Waals surface area contributed by atoms with E-state index in [1.165, 1.54) is 48.6 Å². The van der Waals surface area contributed by atoms with Gasteiger partial charge in [0.25, 0.3) is 0 Å². The minimum Gasteiger partial charge on any atom is -0.313 e. The van der Waals surface area contributed by atoms with Crippen molar-refractivity contribution in [2.75, 3.05) is 6.54 Å². The summed E-state index contributed by atoms with van der Waals surface area (Å²) in [4.78, 5) is 0. The zero-order chi connectivity index (χ0) is 11.9. The summed E-state index contributed by atoms with van der Waals surface area (Å²) in [5.41, 5.74) is 1.35. The fourth-order valence-electron chi connectivity index (χ4n) is 2.68. The average molecular weight is 296 g/mol. The Morgan fingerprint density at radius 2 is 1.94 bits per heavy atom. The van der Waals surface area contributed by atoms with Crippen LogP contribution in [0.15, 0.2) is 28.7 Å². The predicted molar refractivity (Wildman–Crippen MR) is 77.0 cm³/mol. The molecule has 94 valence electrons. The quantitative estimate of drug-likeness (QED) is 0.762. The Hall–Kier alpha value is -0.340. The summed E-state index contributed by atoms with van der Waals surface area (Å²) in [6, 6.07) is 8.44. The smallest absolute Gasteiger partial charge is 0.0220 e. The van der Waals surface area contributed by atoms with Gasteiger partial charge in [0.15, 0.2) is 0 Å². The van der Waals surface area contributed by atoms with Crippen molar-refractivity contribution < 1.29 is 0 Å². The third-order valence-electron chi connectivity index (χ3n) is 3.71. The SMILES string of the molecule is Brc1ccccc1CNCCCC1CCCC1. The predicted octanol–water partition coefficient (Wildman–Crippen LogP) is 4.51. The zero-order valence-electron chi connectivity index (χ0n) is 10.4. The molecule has 1 aromatic rings. The second-order valence-electron chi connectivity index (χ2n) is 5.06. The summed E-state index contributed by atoms with van der Waals surface area (Å²) in [5, 5.41) is 3.54. The summed E-state index contributed by atoms with van der Waals surface area (Å²) < 4.78 is 1.21. The molecule has 1 aromatic carbocycles. The topological polar surface area (TPSA) is 12.0 Å². The van der Waals surface area contributed by atoms with Crippen LogP contribution in [0.25, 0.3) is 0 Å². The lowest BCUT2D eigenvalue weighted by molar-refractivity contribution is 0.470. The Kier molecular flexibility index (Phi) is 5.53. The van der Waals surface area contributed by atoms with E-state index in [-0.39, 0.29) is 0 Å². The Balaban J connectivity index is 1.58. The summed E-state index contributed by atoms with van der Waals surface area (Å²) in [7, 11) is 0. The third-order valence-corrected chi connectivity index (χ3v) is 4.49. The van der Waals surface area contributed by atoms with Crippen LogP contribution in [0.5, 0.6) is 0 Å². The molecule has 1 saturated carbocycles. The van der Waals surface area contributed by atoms with Crippen LogP contribution < -0.4 is 5.32 Å². The molecule has 2 heteroatoms. The van der Waals surface area contributed by atoms with Gasteiger partial charge in [-0.15, -0.1) is 0 Å². The van der Waals surface area contributed by atoms with E-state index in [1.54, 1.807) is 0 Å². The van der Waals surface area contributed by atoms with E-state index in [0.717, 1.165) is 19.0 Å². The standard InChI is InChI=1S/C15H22BrN/c16-15-10-4-3-9-14(15)12-17-11-5-8-13-6-1-2-7-13/h3-4,9-10,13,17H,1-2,5-8,11-12H2. The fourth-order valence-corrected chi connectivity index (χ4v) is 3.10. The monoisotopic (exact) mass is 295 g/mol. The highest BCUT2D eigenvalue weighted by atomic mass is 79.9. The Morgan fingerprint density at radius 1 is 1.18 bits per heavy atom. The molecule has 0 saturated heterocycles. The van der Waals surface area contributed by atoms with Gasteiger partial charge in [-0.3, -0.25) is 0 Å². The molecular formula is C15H22BrN. The number of hydrogen-bond acceptors (Lipinski definition) is 1. The van der Waals surface area contributed by atoms with E-state index >= 15 is 0 Å². The van der Waals surface area contributed by atoms with Crippen LogP contribution in [0.4, 0.5) is 0 Å². The van der Waals surface area contributed by atoms with Crippen LogP contribution in [0.3, 0.4) is 0 Å². The van der Waals surface area contributed by atoms with Gasteiger partial charge in [-0.25, -0.2) is 0 Å². The third kappa shape index (κ3) is 4.44. The first-order valence-electron chi connectivity index (χ1n) is 6.80. The molecule has 2 rings (SSSR count). The maximum atomic E-state index is 3.58. The summed E-state index contributed by atoms with van der Waals surface area (Å²) in [6.45, 7) is 2.13. The normalized spacial score (nSPS) is 16.5. The molecule has 0 atom stereocenters. The van der Waals surface area contributed by atoms with Gasteiger partial charge in [-0.1, -0.05) is 59.8 Å². The second kappa shape index (κ2) is 7.17.